The second-order valence-corrected chi connectivity index (χ2v) is 7.65. The molecule has 0 saturated carbocycles. The van der Waals surface area contributed by atoms with Crippen LogP contribution in [0.4, 0.5) is 0 Å². The summed E-state index contributed by atoms with van der Waals surface area (Å²) in [6.07, 6.45) is 2.05. The van der Waals surface area contributed by atoms with Crippen LogP contribution in [0, 0.1) is 0 Å². The van der Waals surface area contributed by atoms with Crippen LogP contribution in [0.1, 0.15) is 12.8 Å². The van der Waals surface area contributed by atoms with Crippen molar-refractivity contribution in [3.05, 3.63) is 0 Å². The summed E-state index contributed by atoms with van der Waals surface area (Å²) in [7, 11) is 4.35. The van der Waals surface area contributed by atoms with Gasteiger partial charge in [0.1, 0.15) is 0 Å². The molecule has 0 amide bonds. The van der Waals surface area contributed by atoms with Crippen molar-refractivity contribution in [3.63, 3.8) is 0 Å². The van der Waals surface area contributed by atoms with E-state index in [9.17, 15) is 0 Å². The molecule has 2 aliphatic heterocycles. The van der Waals surface area contributed by atoms with Gasteiger partial charge in [0.05, 0.1) is 0 Å². The van der Waals surface area contributed by atoms with Crippen LogP contribution in [0.15, 0.2) is 0 Å². The first kappa shape index (κ1) is 20.0. The Hall–Kier alpha value is 0.939. The van der Waals surface area contributed by atoms with Crippen LogP contribution in [-0.2, 0) is 17.1 Å². The summed E-state index contributed by atoms with van der Waals surface area (Å²) >= 11 is 13.3. The van der Waals surface area contributed by atoms with E-state index in [2.05, 4.69) is 33.7 Å². The number of alkyl halides is 2. The van der Waals surface area contributed by atoms with Gasteiger partial charge < -0.3 is 14.7 Å². The first-order valence-electron chi connectivity index (χ1n) is 7.70. The molecule has 0 N–H and O–H groups in total. The normalized spacial score (nSPS) is 33.1. The molecule has 21 heavy (non-hydrogen) atoms. The Bertz CT molecular complexity index is 307. The minimum atomic E-state index is -0.739. The van der Waals surface area contributed by atoms with Crippen molar-refractivity contribution >= 4 is 23.2 Å². The summed E-state index contributed by atoms with van der Waals surface area (Å²) in [5.41, 5.74) is 0. The van der Waals surface area contributed by atoms with Gasteiger partial charge in [0.15, 0.2) is 4.46 Å². The molecule has 0 aromatic rings. The van der Waals surface area contributed by atoms with Crippen LogP contribution in [0.25, 0.3) is 0 Å². The average Bonchev–Trinajstić information content (AvgIpc) is 2.40. The second-order valence-electron chi connectivity index (χ2n) is 6.20. The number of likely N-dealkylation sites (N-methyl/N-ethyl adjacent to an activating group) is 2. The summed E-state index contributed by atoms with van der Waals surface area (Å²) in [5, 5.41) is 0. The maximum atomic E-state index is 6.63. The molecule has 2 unspecified atom stereocenters. The summed E-state index contributed by atoms with van der Waals surface area (Å²) in [4.78, 5) is 9.54. The molecular weight excluding hydrogens is 351 g/mol. The van der Waals surface area contributed by atoms with E-state index in [4.69, 9.17) is 23.2 Å². The number of hydrogen-bond acceptors (Lipinski definition) is 4. The average molecular weight is 379 g/mol. The smallest absolute Gasteiger partial charge is 0.305 e. The molecule has 2 aliphatic rings. The fourth-order valence-corrected chi connectivity index (χ4v) is 3.42. The van der Waals surface area contributed by atoms with Crippen LogP contribution in [-0.4, -0.2) is 97.1 Å². The third-order valence-electron chi connectivity index (χ3n) is 4.51. The van der Waals surface area contributed by atoms with Crippen LogP contribution < -0.4 is 0 Å². The molecule has 0 spiro atoms. The monoisotopic (exact) mass is 378 g/mol. The molecular formula is C14H28Cl2FeN4+2. The van der Waals surface area contributed by atoms with Crippen LogP contribution in [0.5, 0.6) is 0 Å². The molecule has 7 heteroatoms. The number of rotatable bonds is 0. The Morgan fingerprint density at radius 2 is 1.29 bits per heavy atom. The van der Waals surface area contributed by atoms with Crippen LogP contribution in [0.2, 0.25) is 0 Å². The van der Waals surface area contributed by atoms with E-state index in [-0.39, 0.29) is 17.1 Å². The van der Waals surface area contributed by atoms with Gasteiger partial charge >= 0.3 is 17.1 Å². The number of nitrogens with zero attached hydrogens (tertiary/aromatic N) is 4. The van der Waals surface area contributed by atoms with Gasteiger partial charge in [-0.2, -0.15) is 0 Å². The third kappa shape index (κ3) is 6.52. The molecule has 0 aromatic carbocycles. The van der Waals surface area contributed by atoms with E-state index >= 15 is 0 Å². The maximum Gasteiger partial charge on any atom is 2.00 e. The van der Waals surface area contributed by atoms with Crippen molar-refractivity contribution in [1.82, 2.24) is 19.6 Å². The van der Waals surface area contributed by atoms with E-state index in [1.54, 1.807) is 0 Å². The SMILES string of the molecule is CN1CCCN2CCN(C)CCC(Cl)(Cl)N(CC1)CC2.[Fe+2]. The van der Waals surface area contributed by atoms with Gasteiger partial charge in [0, 0.05) is 52.2 Å². The Morgan fingerprint density at radius 3 is 2.05 bits per heavy atom. The summed E-state index contributed by atoms with van der Waals surface area (Å²) in [6.45, 7) is 9.53. The van der Waals surface area contributed by atoms with Gasteiger partial charge in [-0.1, -0.05) is 23.2 Å². The maximum absolute atomic E-state index is 6.63. The van der Waals surface area contributed by atoms with E-state index in [0.717, 1.165) is 58.8 Å². The van der Waals surface area contributed by atoms with E-state index < -0.39 is 4.46 Å². The van der Waals surface area contributed by atoms with Gasteiger partial charge in [0.25, 0.3) is 0 Å². The molecule has 2 saturated heterocycles. The zero-order chi connectivity index (χ0) is 14.6. The molecule has 124 valence electrons. The Balaban J connectivity index is 0.00000220. The van der Waals surface area contributed by atoms with Gasteiger partial charge in [-0.3, -0.25) is 4.90 Å². The van der Waals surface area contributed by atoms with E-state index in [0.29, 0.717) is 0 Å². The molecule has 0 radical (unpaired) electrons. The van der Waals surface area contributed by atoms with E-state index in [1.807, 2.05) is 0 Å². The fraction of sp³-hybridized carbons (Fsp3) is 1.00. The van der Waals surface area contributed by atoms with Crippen molar-refractivity contribution < 1.29 is 17.1 Å². The minimum Gasteiger partial charge on any atom is -0.305 e. The zero-order valence-corrected chi connectivity index (χ0v) is 15.8. The van der Waals surface area contributed by atoms with E-state index in [1.165, 1.54) is 13.0 Å². The summed E-state index contributed by atoms with van der Waals surface area (Å²) in [5.74, 6) is 0. The zero-order valence-electron chi connectivity index (χ0n) is 13.2. The quantitative estimate of drug-likeness (QED) is 0.358. The Morgan fingerprint density at radius 1 is 0.714 bits per heavy atom. The summed E-state index contributed by atoms with van der Waals surface area (Å²) < 4.78 is -0.739. The number of hydrogen-bond donors (Lipinski definition) is 0. The van der Waals surface area contributed by atoms with Crippen LogP contribution in [0.3, 0.4) is 0 Å². The third-order valence-corrected chi connectivity index (χ3v) is 5.36. The van der Waals surface area contributed by atoms with Crippen molar-refractivity contribution in [2.45, 2.75) is 17.3 Å². The molecule has 2 atom stereocenters. The molecule has 2 rings (SSSR count). The van der Waals surface area contributed by atoms with Crippen molar-refractivity contribution in [3.8, 4) is 0 Å². The molecule has 4 nitrogen and oxygen atoms in total. The number of fused-ring (bicyclic) bond motifs is 3. The minimum absolute atomic E-state index is 0. The second kappa shape index (κ2) is 9.29. The van der Waals surface area contributed by atoms with Gasteiger partial charge in [-0.05, 0) is 33.6 Å². The summed E-state index contributed by atoms with van der Waals surface area (Å²) in [6, 6.07) is 0. The topological polar surface area (TPSA) is 13.0 Å². The van der Waals surface area contributed by atoms with Crippen molar-refractivity contribution in [2.24, 2.45) is 0 Å². The van der Waals surface area contributed by atoms with Crippen molar-refractivity contribution in [2.75, 3.05) is 73.0 Å². The Kier molecular flexibility index (Phi) is 8.84. The first-order chi connectivity index (χ1) is 9.47. The standard InChI is InChI=1S/C14H28Cl2N4.Fe/c1-17-5-3-6-19-10-8-18(2)7-4-14(15,16)20(12-9-17)13-11-19;/h3-13H2,1-2H3;/q;+2. The van der Waals surface area contributed by atoms with Gasteiger partial charge in [-0.15, -0.1) is 0 Å². The van der Waals surface area contributed by atoms with Crippen LogP contribution >= 0.6 is 23.2 Å². The predicted molar refractivity (Wildman–Crippen MR) is 86.7 cm³/mol. The first-order valence-corrected chi connectivity index (χ1v) is 8.45. The number of halogens is 2. The van der Waals surface area contributed by atoms with Gasteiger partial charge in [0.2, 0.25) is 0 Å². The fourth-order valence-electron chi connectivity index (χ4n) is 2.91. The molecule has 0 aromatic heterocycles. The molecule has 0 aliphatic carbocycles. The molecule has 2 fully saturated rings. The Labute approximate surface area is 150 Å². The van der Waals surface area contributed by atoms with Crippen molar-refractivity contribution in [1.29, 1.82) is 0 Å². The predicted octanol–water partition coefficient (Wildman–Crippen LogP) is 1.39. The van der Waals surface area contributed by atoms with Gasteiger partial charge in [-0.25, -0.2) is 0 Å². The molecule has 2 bridgehead atoms. The molecule has 2 heterocycles. The largest absolute Gasteiger partial charge is 2.00 e.